The van der Waals surface area contributed by atoms with E-state index in [1.54, 1.807) is 32.2 Å². The van der Waals surface area contributed by atoms with Crippen LogP contribution in [0.1, 0.15) is 6.92 Å². The topological polar surface area (TPSA) is 68.3 Å². The minimum absolute atomic E-state index is 0.464. The fourth-order valence-electron chi connectivity index (χ4n) is 0.978. The van der Waals surface area contributed by atoms with Crippen molar-refractivity contribution in [3.05, 3.63) is 18.2 Å². The lowest BCUT2D eigenvalue weighted by molar-refractivity contribution is 0.277. The first-order valence-corrected chi connectivity index (χ1v) is 4.17. The Bertz CT molecular complexity index is 358. The van der Waals surface area contributed by atoms with E-state index >= 15 is 0 Å². The number of nitriles is 1. The number of nitrogens with two attached hydrogens (primary N) is 1. The zero-order chi connectivity index (χ0) is 10.6. The lowest BCUT2D eigenvalue weighted by Gasteiger charge is -2.10. The molecule has 0 amide bonds. The largest absolute Gasteiger partial charge is 0.497 e. The van der Waals surface area contributed by atoms with Gasteiger partial charge in [0.2, 0.25) is 0 Å². The lowest BCUT2D eigenvalue weighted by Crippen LogP contribution is -2.09. The fraction of sp³-hybridized carbons (Fsp3) is 0.300. The highest BCUT2D eigenvalue weighted by Crippen LogP contribution is 2.26. The van der Waals surface area contributed by atoms with E-state index in [2.05, 4.69) is 0 Å². The normalized spacial score (nSPS) is 11.5. The Hall–Kier alpha value is -1.89. The molecule has 14 heavy (non-hydrogen) atoms. The molecule has 74 valence electrons. The molecule has 1 aromatic rings. The Labute approximate surface area is 82.9 Å². The molecule has 4 heteroatoms. The summed E-state index contributed by atoms with van der Waals surface area (Å²) >= 11 is 0. The fourth-order valence-corrected chi connectivity index (χ4v) is 0.978. The van der Waals surface area contributed by atoms with Gasteiger partial charge in [0.15, 0.2) is 6.10 Å². The average molecular weight is 192 g/mol. The van der Waals surface area contributed by atoms with Crippen molar-refractivity contribution in [2.75, 3.05) is 12.8 Å². The molecule has 0 aliphatic heterocycles. The van der Waals surface area contributed by atoms with Crippen molar-refractivity contribution in [1.82, 2.24) is 0 Å². The number of rotatable bonds is 3. The van der Waals surface area contributed by atoms with Crippen LogP contribution >= 0.6 is 0 Å². The van der Waals surface area contributed by atoms with Crippen LogP contribution in [0.15, 0.2) is 18.2 Å². The number of nitrogens with zero attached hydrogens (tertiary/aromatic N) is 1. The monoisotopic (exact) mass is 192 g/mol. The van der Waals surface area contributed by atoms with Crippen LogP contribution < -0.4 is 15.2 Å². The average Bonchev–Trinajstić information content (AvgIpc) is 2.20. The molecule has 4 nitrogen and oxygen atoms in total. The Morgan fingerprint density at radius 1 is 1.50 bits per heavy atom. The second kappa shape index (κ2) is 4.38. The van der Waals surface area contributed by atoms with Gasteiger partial charge in [-0.15, -0.1) is 0 Å². The van der Waals surface area contributed by atoms with E-state index in [0.29, 0.717) is 17.2 Å². The molecule has 0 heterocycles. The molecular formula is C10H12N2O2. The minimum Gasteiger partial charge on any atom is -0.497 e. The molecular weight excluding hydrogens is 180 g/mol. The molecule has 0 aromatic heterocycles. The lowest BCUT2D eigenvalue weighted by atomic mass is 10.3. The second-order valence-electron chi connectivity index (χ2n) is 2.79. The van der Waals surface area contributed by atoms with E-state index < -0.39 is 6.10 Å². The van der Waals surface area contributed by atoms with E-state index in [4.69, 9.17) is 20.5 Å². The van der Waals surface area contributed by atoms with E-state index in [1.807, 2.05) is 6.07 Å². The van der Waals surface area contributed by atoms with Crippen LogP contribution in [-0.2, 0) is 0 Å². The third-order valence-electron chi connectivity index (χ3n) is 1.70. The Morgan fingerprint density at radius 3 is 2.71 bits per heavy atom. The van der Waals surface area contributed by atoms with Gasteiger partial charge in [-0.3, -0.25) is 0 Å². The first-order valence-electron chi connectivity index (χ1n) is 4.17. The predicted molar refractivity (Wildman–Crippen MR) is 53.1 cm³/mol. The number of benzene rings is 1. The maximum Gasteiger partial charge on any atom is 0.181 e. The summed E-state index contributed by atoms with van der Waals surface area (Å²) in [7, 11) is 1.56. The van der Waals surface area contributed by atoms with Gasteiger partial charge in [0.1, 0.15) is 17.6 Å². The molecule has 0 fully saturated rings. The van der Waals surface area contributed by atoms with Crippen LogP contribution in [0, 0.1) is 11.3 Å². The summed E-state index contributed by atoms with van der Waals surface area (Å²) in [5.41, 5.74) is 6.15. The predicted octanol–water partition coefficient (Wildman–Crippen LogP) is 1.57. The van der Waals surface area contributed by atoms with Gasteiger partial charge in [-0.25, -0.2) is 0 Å². The van der Waals surface area contributed by atoms with Gasteiger partial charge in [-0.2, -0.15) is 5.26 Å². The summed E-state index contributed by atoms with van der Waals surface area (Å²) in [6.45, 7) is 1.66. The highest BCUT2D eigenvalue weighted by Gasteiger charge is 2.06. The van der Waals surface area contributed by atoms with E-state index in [0.717, 1.165) is 0 Å². The molecule has 0 aliphatic rings. The molecule has 1 aromatic carbocycles. The number of nitrogen functional groups attached to an aromatic ring is 1. The van der Waals surface area contributed by atoms with Crippen LogP contribution in [0.3, 0.4) is 0 Å². The maximum absolute atomic E-state index is 8.55. The van der Waals surface area contributed by atoms with Crippen molar-refractivity contribution in [2.24, 2.45) is 0 Å². The summed E-state index contributed by atoms with van der Waals surface area (Å²) in [6.07, 6.45) is -0.509. The number of methoxy groups -OCH3 is 1. The van der Waals surface area contributed by atoms with Gasteiger partial charge < -0.3 is 15.2 Å². The van der Waals surface area contributed by atoms with Gasteiger partial charge in [0.05, 0.1) is 12.8 Å². The van der Waals surface area contributed by atoms with Gasteiger partial charge in [0.25, 0.3) is 0 Å². The van der Waals surface area contributed by atoms with Crippen LogP contribution in [0.5, 0.6) is 11.5 Å². The van der Waals surface area contributed by atoms with Crippen molar-refractivity contribution >= 4 is 5.69 Å². The van der Waals surface area contributed by atoms with Crippen molar-refractivity contribution < 1.29 is 9.47 Å². The van der Waals surface area contributed by atoms with Crippen molar-refractivity contribution in [2.45, 2.75) is 13.0 Å². The van der Waals surface area contributed by atoms with Crippen LogP contribution in [0.25, 0.3) is 0 Å². The third kappa shape index (κ3) is 2.30. The first-order chi connectivity index (χ1) is 6.67. The Morgan fingerprint density at radius 2 is 2.21 bits per heavy atom. The minimum atomic E-state index is -0.509. The van der Waals surface area contributed by atoms with Crippen LogP contribution in [0.2, 0.25) is 0 Å². The first kappa shape index (κ1) is 10.2. The molecule has 2 N–H and O–H groups in total. The number of hydrogen-bond donors (Lipinski definition) is 1. The molecule has 0 radical (unpaired) electrons. The van der Waals surface area contributed by atoms with Crippen molar-refractivity contribution in [1.29, 1.82) is 5.26 Å². The molecule has 0 bridgehead atoms. The molecule has 0 saturated carbocycles. The molecule has 1 atom stereocenters. The maximum atomic E-state index is 8.55. The van der Waals surface area contributed by atoms with E-state index in [-0.39, 0.29) is 0 Å². The quantitative estimate of drug-likeness (QED) is 0.738. The second-order valence-corrected chi connectivity index (χ2v) is 2.79. The van der Waals surface area contributed by atoms with Crippen LogP contribution in [0.4, 0.5) is 5.69 Å². The van der Waals surface area contributed by atoms with Crippen LogP contribution in [-0.4, -0.2) is 13.2 Å². The molecule has 0 aliphatic carbocycles. The highest BCUT2D eigenvalue weighted by atomic mass is 16.5. The van der Waals surface area contributed by atoms with Crippen molar-refractivity contribution in [3.8, 4) is 17.6 Å². The van der Waals surface area contributed by atoms with E-state index in [9.17, 15) is 0 Å². The van der Waals surface area contributed by atoms with Gasteiger partial charge in [0, 0.05) is 6.07 Å². The van der Waals surface area contributed by atoms with Crippen molar-refractivity contribution in [3.63, 3.8) is 0 Å². The summed E-state index contributed by atoms with van der Waals surface area (Å²) < 4.78 is 10.2. The SMILES string of the molecule is COc1ccc(OC(C)C#N)c(N)c1. The Balaban J connectivity index is 2.85. The third-order valence-corrected chi connectivity index (χ3v) is 1.70. The number of ether oxygens (including phenoxy) is 2. The molecule has 1 rings (SSSR count). The highest BCUT2D eigenvalue weighted by molar-refractivity contribution is 5.56. The number of anilines is 1. The number of hydrogen-bond acceptors (Lipinski definition) is 4. The van der Waals surface area contributed by atoms with E-state index in [1.165, 1.54) is 0 Å². The zero-order valence-electron chi connectivity index (χ0n) is 8.15. The smallest absolute Gasteiger partial charge is 0.181 e. The van der Waals surface area contributed by atoms with Gasteiger partial charge in [-0.05, 0) is 19.1 Å². The molecule has 0 saturated heterocycles. The zero-order valence-corrected chi connectivity index (χ0v) is 8.15. The standard InChI is InChI=1S/C10H12N2O2/c1-7(6-11)14-10-4-3-8(13-2)5-9(10)12/h3-5,7H,12H2,1-2H3. The summed E-state index contributed by atoms with van der Waals surface area (Å²) in [4.78, 5) is 0. The molecule has 0 spiro atoms. The summed E-state index contributed by atoms with van der Waals surface area (Å²) in [6, 6.07) is 7.03. The Kier molecular flexibility index (Phi) is 3.19. The summed E-state index contributed by atoms with van der Waals surface area (Å²) in [5.74, 6) is 1.17. The van der Waals surface area contributed by atoms with Gasteiger partial charge in [-0.1, -0.05) is 0 Å². The summed E-state index contributed by atoms with van der Waals surface area (Å²) in [5, 5.41) is 8.55. The van der Waals surface area contributed by atoms with Gasteiger partial charge >= 0.3 is 0 Å². The molecule has 1 unspecified atom stereocenters.